The van der Waals surface area contributed by atoms with E-state index >= 15 is 0 Å². The molecule has 1 aromatic rings. The molecular weight excluding hydrogens is 465 g/mol. The van der Waals surface area contributed by atoms with Gasteiger partial charge in [-0.05, 0) is 31.4 Å². The molecule has 0 bridgehead atoms. The van der Waals surface area contributed by atoms with Crippen molar-refractivity contribution in [3.63, 3.8) is 0 Å². The van der Waals surface area contributed by atoms with Gasteiger partial charge in [-0.2, -0.15) is 0 Å². The number of amides is 1. The summed E-state index contributed by atoms with van der Waals surface area (Å²) in [4.78, 5) is 21.4. The number of carbonyl (C=O) groups is 1. The van der Waals surface area contributed by atoms with Gasteiger partial charge in [-0.3, -0.25) is 9.79 Å². The molecule has 1 aliphatic heterocycles. The van der Waals surface area contributed by atoms with Crippen molar-refractivity contribution >= 4 is 41.5 Å². The highest BCUT2D eigenvalue weighted by molar-refractivity contribution is 14.0. The highest BCUT2D eigenvalue weighted by Crippen LogP contribution is 2.15. The Morgan fingerprint density at radius 1 is 1.11 bits per heavy atom. The lowest BCUT2D eigenvalue weighted by Gasteiger charge is -2.36. The van der Waals surface area contributed by atoms with Crippen LogP contribution in [0.2, 0.25) is 0 Å². The summed E-state index contributed by atoms with van der Waals surface area (Å²) in [5.74, 6) is 1.67. The monoisotopic (exact) mass is 501 g/mol. The number of halogens is 1. The molecule has 1 saturated heterocycles. The van der Waals surface area contributed by atoms with Crippen LogP contribution in [0.4, 0.5) is 5.69 Å². The number of guanidine groups is 1. The highest BCUT2D eigenvalue weighted by Gasteiger charge is 2.20. The van der Waals surface area contributed by atoms with Crippen molar-refractivity contribution in [3.05, 3.63) is 30.3 Å². The summed E-state index contributed by atoms with van der Waals surface area (Å²) in [5, 5.41) is 6.52. The lowest BCUT2D eigenvalue weighted by Crippen LogP contribution is -2.49. The second-order valence-corrected chi connectivity index (χ2v) is 7.32. The minimum absolute atomic E-state index is 0. The number of aliphatic imine (C=N–C) groups is 1. The molecule has 0 aliphatic carbocycles. The van der Waals surface area contributed by atoms with Gasteiger partial charge in [0.05, 0.1) is 0 Å². The molecule has 0 aromatic heterocycles. The standard InChI is InChI=1S/C21H35N5O.HI/c1-4-22-21(23-12-10-18(2)3)24-13-11-20(27)26-16-14-25(15-17-26)19-8-6-5-7-9-19;/h5-9,18H,4,10-17H2,1-3H3,(H2,22,23,24);1H. The molecule has 158 valence electrons. The molecule has 0 radical (unpaired) electrons. The first-order valence-electron chi connectivity index (χ1n) is 10.2. The molecule has 1 aliphatic rings. The zero-order valence-corrected chi connectivity index (χ0v) is 19.8. The molecule has 2 rings (SSSR count). The van der Waals surface area contributed by atoms with Crippen LogP contribution in [0.5, 0.6) is 0 Å². The molecule has 0 saturated carbocycles. The third-order valence-corrected chi connectivity index (χ3v) is 4.71. The molecule has 0 spiro atoms. The van der Waals surface area contributed by atoms with Gasteiger partial charge in [-0.25, -0.2) is 0 Å². The lowest BCUT2D eigenvalue weighted by atomic mass is 10.1. The maximum absolute atomic E-state index is 12.5. The molecule has 2 N–H and O–H groups in total. The first-order chi connectivity index (χ1) is 13.1. The number of hydrogen-bond acceptors (Lipinski definition) is 3. The maximum atomic E-state index is 12.5. The minimum Gasteiger partial charge on any atom is -0.368 e. The Balaban J connectivity index is 0.00000392. The average Bonchev–Trinajstić information content (AvgIpc) is 2.68. The van der Waals surface area contributed by atoms with Crippen LogP contribution in [0.3, 0.4) is 0 Å². The predicted molar refractivity (Wildman–Crippen MR) is 129 cm³/mol. The lowest BCUT2D eigenvalue weighted by molar-refractivity contribution is -0.131. The van der Waals surface area contributed by atoms with E-state index in [1.54, 1.807) is 0 Å². The summed E-state index contributed by atoms with van der Waals surface area (Å²) >= 11 is 0. The number of piperazine rings is 1. The first kappa shape index (κ1) is 24.5. The number of carbonyl (C=O) groups excluding carboxylic acids is 1. The first-order valence-corrected chi connectivity index (χ1v) is 10.2. The van der Waals surface area contributed by atoms with Gasteiger partial charge in [0.25, 0.3) is 0 Å². The quantitative estimate of drug-likeness (QED) is 0.327. The van der Waals surface area contributed by atoms with Crippen molar-refractivity contribution in [3.8, 4) is 0 Å². The summed E-state index contributed by atoms with van der Waals surface area (Å²) in [5.41, 5.74) is 1.24. The van der Waals surface area contributed by atoms with Gasteiger partial charge in [0.2, 0.25) is 5.91 Å². The Morgan fingerprint density at radius 3 is 2.39 bits per heavy atom. The van der Waals surface area contributed by atoms with Crippen LogP contribution in [-0.4, -0.2) is 62.6 Å². The number of anilines is 1. The van der Waals surface area contributed by atoms with Gasteiger partial charge in [0, 0.05) is 57.9 Å². The summed E-state index contributed by atoms with van der Waals surface area (Å²) in [6, 6.07) is 10.4. The Labute approximate surface area is 187 Å². The number of para-hydroxylation sites is 1. The Kier molecular flexibility index (Phi) is 11.9. The predicted octanol–water partition coefficient (Wildman–Crippen LogP) is 2.94. The van der Waals surface area contributed by atoms with E-state index in [1.807, 2.05) is 11.0 Å². The summed E-state index contributed by atoms with van der Waals surface area (Å²) in [6.07, 6.45) is 1.57. The molecule has 28 heavy (non-hydrogen) atoms. The molecule has 6 nitrogen and oxygen atoms in total. The van der Waals surface area contributed by atoms with E-state index in [9.17, 15) is 4.79 Å². The van der Waals surface area contributed by atoms with Crippen molar-refractivity contribution in [2.45, 2.75) is 33.6 Å². The zero-order valence-electron chi connectivity index (χ0n) is 17.5. The fourth-order valence-electron chi connectivity index (χ4n) is 3.08. The van der Waals surface area contributed by atoms with Crippen LogP contribution in [0, 0.1) is 5.92 Å². The fourth-order valence-corrected chi connectivity index (χ4v) is 3.08. The average molecular weight is 501 g/mol. The largest absolute Gasteiger partial charge is 0.368 e. The van der Waals surface area contributed by atoms with E-state index in [2.05, 4.69) is 65.6 Å². The van der Waals surface area contributed by atoms with Gasteiger partial charge in [-0.15, -0.1) is 24.0 Å². The van der Waals surface area contributed by atoms with Gasteiger partial charge in [-0.1, -0.05) is 32.0 Å². The van der Waals surface area contributed by atoms with Crippen LogP contribution >= 0.6 is 24.0 Å². The molecule has 0 unspecified atom stereocenters. The van der Waals surface area contributed by atoms with E-state index in [4.69, 9.17) is 0 Å². The van der Waals surface area contributed by atoms with Crippen molar-refractivity contribution in [1.82, 2.24) is 15.5 Å². The zero-order chi connectivity index (χ0) is 19.5. The van der Waals surface area contributed by atoms with Gasteiger partial charge >= 0.3 is 0 Å². The van der Waals surface area contributed by atoms with Crippen molar-refractivity contribution < 1.29 is 4.79 Å². The molecule has 1 fully saturated rings. The Hall–Kier alpha value is -1.51. The fraction of sp³-hybridized carbons (Fsp3) is 0.619. The van der Waals surface area contributed by atoms with Gasteiger partial charge in [0.15, 0.2) is 5.96 Å². The van der Waals surface area contributed by atoms with Crippen LogP contribution in [0.25, 0.3) is 0 Å². The van der Waals surface area contributed by atoms with Crippen LogP contribution in [0.1, 0.15) is 33.6 Å². The molecule has 1 aromatic carbocycles. The van der Waals surface area contributed by atoms with Gasteiger partial charge in [0.1, 0.15) is 0 Å². The summed E-state index contributed by atoms with van der Waals surface area (Å²) in [6.45, 7) is 12.1. The number of benzene rings is 1. The van der Waals surface area contributed by atoms with E-state index < -0.39 is 0 Å². The third kappa shape index (κ3) is 8.67. The maximum Gasteiger partial charge on any atom is 0.224 e. The number of nitrogens with one attached hydrogen (secondary N) is 2. The molecule has 1 heterocycles. The van der Waals surface area contributed by atoms with E-state index in [1.165, 1.54) is 5.69 Å². The normalized spacial score (nSPS) is 14.6. The topological polar surface area (TPSA) is 60.0 Å². The Bertz CT molecular complexity index is 586. The van der Waals surface area contributed by atoms with Crippen LogP contribution < -0.4 is 15.5 Å². The van der Waals surface area contributed by atoms with E-state index in [0.29, 0.717) is 18.9 Å². The Morgan fingerprint density at radius 2 is 1.79 bits per heavy atom. The highest BCUT2D eigenvalue weighted by atomic mass is 127. The summed E-state index contributed by atoms with van der Waals surface area (Å²) in [7, 11) is 0. The molecule has 0 atom stereocenters. The second kappa shape index (κ2) is 13.6. The summed E-state index contributed by atoms with van der Waals surface area (Å²) < 4.78 is 0. The second-order valence-electron chi connectivity index (χ2n) is 7.32. The minimum atomic E-state index is 0. The SMILES string of the molecule is CCNC(=NCCC(C)C)NCCC(=O)N1CCN(c2ccccc2)CC1.I. The number of hydrogen-bond donors (Lipinski definition) is 2. The van der Waals surface area contributed by atoms with Crippen molar-refractivity contribution in [2.75, 3.05) is 50.7 Å². The number of rotatable bonds is 8. The van der Waals surface area contributed by atoms with Crippen molar-refractivity contribution in [1.29, 1.82) is 0 Å². The van der Waals surface area contributed by atoms with E-state index in [-0.39, 0.29) is 29.9 Å². The van der Waals surface area contributed by atoms with Gasteiger partial charge < -0.3 is 20.4 Å². The van der Waals surface area contributed by atoms with Crippen molar-refractivity contribution in [2.24, 2.45) is 10.9 Å². The van der Waals surface area contributed by atoms with Crippen LogP contribution in [-0.2, 0) is 4.79 Å². The van der Waals surface area contributed by atoms with E-state index in [0.717, 1.165) is 51.6 Å². The van der Waals surface area contributed by atoms with Crippen LogP contribution in [0.15, 0.2) is 35.3 Å². The molecule has 1 amide bonds. The third-order valence-electron chi connectivity index (χ3n) is 4.71. The molecule has 7 heteroatoms. The molecular formula is C21H36IN5O. The smallest absolute Gasteiger partial charge is 0.224 e. The number of nitrogens with zero attached hydrogens (tertiary/aromatic N) is 3.